The highest BCUT2D eigenvalue weighted by atomic mass is 79.9. The van der Waals surface area contributed by atoms with Crippen LogP contribution in [0.2, 0.25) is 0 Å². The van der Waals surface area contributed by atoms with E-state index in [0.717, 1.165) is 30.2 Å². The van der Waals surface area contributed by atoms with Crippen LogP contribution < -0.4 is 5.32 Å². The van der Waals surface area contributed by atoms with Crippen LogP contribution in [-0.4, -0.2) is 42.7 Å². The number of carbonyl (C=O) groups excluding carboxylic acids is 1. The molecule has 2 N–H and O–H groups in total. The van der Waals surface area contributed by atoms with E-state index in [9.17, 15) is 9.90 Å². The maximum absolute atomic E-state index is 12.2. The molecule has 1 amide bonds. The zero-order valence-corrected chi connectivity index (χ0v) is 12.3. The van der Waals surface area contributed by atoms with Gasteiger partial charge in [0.2, 0.25) is 5.82 Å². The first kappa shape index (κ1) is 13.4. The predicted octanol–water partition coefficient (Wildman–Crippen LogP) is 0.922. The molecule has 2 heterocycles. The largest absolute Gasteiger partial charge is 0.394 e. The van der Waals surface area contributed by atoms with Crippen molar-refractivity contribution in [3.8, 4) is 0 Å². The Morgan fingerprint density at radius 3 is 2.95 bits per heavy atom. The van der Waals surface area contributed by atoms with Gasteiger partial charge in [0, 0.05) is 12.4 Å². The SMILES string of the molecule is O=C(NC1(CO)CCCC1)c1nc2ncc(Br)cn2n1. The van der Waals surface area contributed by atoms with Gasteiger partial charge < -0.3 is 10.4 Å². The Bertz CT molecular complexity index is 650. The molecule has 0 spiro atoms. The van der Waals surface area contributed by atoms with Crippen LogP contribution in [0.5, 0.6) is 0 Å². The first-order valence-corrected chi connectivity index (χ1v) is 7.22. The first-order chi connectivity index (χ1) is 9.62. The minimum atomic E-state index is -0.525. The Kier molecular flexibility index (Phi) is 3.43. The highest BCUT2D eigenvalue weighted by Crippen LogP contribution is 2.29. The molecule has 0 saturated heterocycles. The van der Waals surface area contributed by atoms with Gasteiger partial charge in [0.15, 0.2) is 0 Å². The first-order valence-electron chi connectivity index (χ1n) is 6.43. The second-order valence-electron chi connectivity index (χ2n) is 5.05. The monoisotopic (exact) mass is 339 g/mol. The molecule has 0 aliphatic heterocycles. The summed E-state index contributed by atoms with van der Waals surface area (Å²) in [6, 6.07) is 0. The highest BCUT2D eigenvalue weighted by molar-refractivity contribution is 9.10. The number of carbonyl (C=O) groups is 1. The summed E-state index contributed by atoms with van der Waals surface area (Å²) < 4.78 is 2.20. The number of nitrogens with zero attached hydrogens (tertiary/aromatic N) is 4. The van der Waals surface area contributed by atoms with E-state index >= 15 is 0 Å². The van der Waals surface area contributed by atoms with E-state index in [1.165, 1.54) is 4.52 Å². The zero-order chi connectivity index (χ0) is 14.2. The fourth-order valence-corrected chi connectivity index (χ4v) is 2.82. The quantitative estimate of drug-likeness (QED) is 0.867. The average molecular weight is 340 g/mol. The van der Waals surface area contributed by atoms with Crippen LogP contribution in [0.3, 0.4) is 0 Å². The van der Waals surface area contributed by atoms with Crippen molar-refractivity contribution in [1.29, 1.82) is 0 Å². The van der Waals surface area contributed by atoms with Gasteiger partial charge in [0.25, 0.3) is 11.7 Å². The summed E-state index contributed by atoms with van der Waals surface area (Å²) in [4.78, 5) is 20.4. The average Bonchev–Trinajstić information content (AvgIpc) is 3.05. The maximum atomic E-state index is 12.2. The van der Waals surface area contributed by atoms with E-state index in [0.29, 0.717) is 5.78 Å². The van der Waals surface area contributed by atoms with Crippen LogP contribution in [-0.2, 0) is 0 Å². The van der Waals surface area contributed by atoms with Crippen molar-refractivity contribution >= 4 is 27.6 Å². The molecule has 0 unspecified atom stereocenters. The standard InChI is InChI=1S/C12H14BrN5O2/c13-8-5-14-11-15-9(17-18(11)6-8)10(20)16-12(7-19)3-1-2-4-12/h5-6,19H,1-4,7H2,(H,16,20). The number of aliphatic hydroxyl groups excluding tert-OH is 1. The normalized spacial score (nSPS) is 17.5. The number of aromatic nitrogens is 4. The highest BCUT2D eigenvalue weighted by Gasteiger charge is 2.35. The van der Waals surface area contributed by atoms with Crippen LogP contribution in [0.15, 0.2) is 16.9 Å². The number of hydrogen-bond donors (Lipinski definition) is 2. The van der Waals surface area contributed by atoms with E-state index in [1.807, 2.05) is 0 Å². The summed E-state index contributed by atoms with van der Waals surface area (Å²) >= 11 is 3.28. The van der Waals surface area contributed by atoms with E-state index < -0.39 is 5.54 Å². The molecule has 3 rings (SSSR count). The molecule has 0 radical (unpaired) electrons. The van der Waals surface area contributed by atoms with Gasteiger partial charge in [-0.1, -0.05) is 12.8 Å². The van der Waals surface area contributed by atoms with E-state index in [4.69, 9.17) is 0 Å². The summed E-state index contributed by atoms with van der Waals surface area (Å²) in [5.74, 6) is 0.0562. The van der Waals surface area contributed by atoms with Gasteiger partial charge >= 0.3 is 0 Å². The zero-order valence-electron chi connectivity index (χ0n) is 10.7. The number of amides is 1. The Hall–Kier alpha value is -1.54. The molecule has 1 saturated carbocycles. The van der Waals surface area contributed by atoms with Crippen LogP contribution in [0.1, 0.15) is 36.3 Å². The summed E-state index contributed by atoms with van der Waals surface area (Å²) in [6.45, 7) is -0.0596. The molecular weight excluding hydrogens is 326 g/mol. The fourth-order valence-electron chi connectivity index (χ4n) is 2.53. The van der Waals surface area contributed by atoms with Crippen LogP contribution >= 0.6 is 15.9 Å². The van der Waals surface area contributed by atoms with E-state index in [2.05, 4.69) is 36.3 Å². The second kappa shape index (κ2) is 5.10. The van der Waals surface area contributed by atoms with Crippen molar-refractivity contribution in [3.63, 3.8) is 0 Å². The summed E-state index contributed by atoms with van der Waals surface area (Å²) in [5, 5.41) is 16.5. The molecule has 1 aliphatic rings. The molecule has 1 aliphatic carbocycles. The molecular formula is C12H14BrN5O2. The van der Waals surface area contributed by atoms with Gasteiger partial charge in [-0.3, -0.25) is 4.79 Å². The van der Waals surface area contributed by atoms with Gasteiger partial charge in [-0.15, -0.1) is 5.10 Å². The molecule has 106 valence electrons. The molecule has 2 aromatic rings. The Labute approximate surface area is 123 Å². The number of hydrogen-bond acceptors (Lipinski definition) is 5. The van der Waals surface area contributed by atoms with Gasteiger partial charge in [0.05, 0.1) is 16.6 Å². The summed E-state index contributed by atoms with van der Waals surface area (Å²) in [5.41, 5.74) is -0.525. The molecule has 1 fully saturated rings. The van der Waals surface area contributed by atoms with Gasteiger partial charge in [0.1, 0.15) is 0 Å². The molecule has 8 heteroatoms. The van der Waals surface area contributed by atoms with Crippen LogP contribution in [0.4, 0.5) is 0 Å². The van der Waals surface area contributed by atoms with Crippen LogP contribution in [0.25, 0.3) is 5.78 Å². The van der Waals surface area contributed by atoms with Crippen molar-refractivity contribution in [2.24, 2.45) is 0 Å². The minimum Gasteiger partial charge on any atom is -0.394 e. The van der Waals surface area contributed by atoms with Gasteiger partial charge in [-0.2, -0.15) is 4.98 Å². The molecule has 0 bridgehead atoms. The number of rotatable bonds is 3. The number of halogens is 1. The van der Waals surface area contributed by atoms with Crippen LogP contribution in [0, 0.1) is 0 Å². The van der Waals surface area contributed by atoms with Crippen molar-refractivity contribution in [3.05, 3.63) is 22.7 Å². The third kappa shape index (κ3) is 2.40. The lowest BCUT2D eigenvalue weighted by Gasteiger charge is -2.27. The third-order valence-corrected chi connectivity index (χ3v) is 4.02. The number of fused-ring (bicyclic) bond motifs is 1. The van der Waals surface area contributed by atoms with Crippen molar-refractivity contribution in [1.82, 2.24) is 24.9 Å². The van der Waals surface area contributed by atoms with E-state index in [1.54, 1.807) is 12.4 Å². The third-order valence-electron chi connectivity index (χ3n) is 3.61. The molecule has 0 atom stereocenters. The topological polar surface area (TPSA) is 92.4 Å². The maximum Gasteiger partial charge on any atom is 0.291 e. The molecule has 2 aromatic heterocycles. The Morgan fingerprint density at radius 2 is 2.25 bits per heavy atom. The van der Waals surface area contributed by atoms with Gasteiger partial charge in [-0.25, -0.2) is 9.50 Å². The minimum absolute atomic E-state index is 0.0596. The number of aliphatic hydroxyl groups is 1. The van der Waals surface area contributed by atoms with Gasteiger partial charge in [-0.05, 0) is 28.8 Å². The number of nitrogens with one attached hydrogen (secondary N) is 1. The molecule has 0 aromatic carbocycles. The van der Waals surface area contributed by atoms with Crippen molar-refractivity contribution in [2.45, 2.75) is 31.2 Å². The fraction of sp³-hybridized carbons (Fsp3) is 0.500. The van der Waals surface area contributed by atoms with Crippen molar-refractivity contribution in [2.75, 3.05) is 6.61 Å². The molecule has 7 nitrogen and oxygen atoms in total. The second-order valence-corrected chi connectivity index (χ2v) is 5.97. The summed E-state index contributed by atoms with van der Waals surface area (Å²) in [6.07, 6.45) is 6.86. The lowest BCUT2D eigenvalue weighted by molar-refractivity contribution is 0.0828. The predicted molar refractivity (Wildman–Crippen MR) is 74.2 cm³/mol. The van der Waals surface area contributed by atoms with E-state index in [-0.39, 0.29) is 18.3 Å². The molecule has 20 heavy (non-hydrogen) atoms. The smallest absolute Gasteiger partial charge is 0.291 e. The summed E-state index contributed by atoms with van der Waals surface area (Å²) in [7, 11) is 0. The lowest BCUT2D eigenvalue weighted by atomic mass is 9.99. The Balaban J connectivity index is 1.85. The lowest BCUT2D eigenvalue weighted by Crippen LogP contribution is -2.49. The van der Waals surface area contributed by atoms with Crippen molar-refractivity contribution < 1.29 is 9.90 Å². The Morgan fingerprint density at radius 1 is 1.50 bits per heavy atom.